The molecule has 0 aromatic heterocycles. The maximum atomic E-state index is 12.9. The fraction of sp³-hybridized carbons (Fsp3) is 0.519. The van der Waals surface area contributed by atoms with Crippen molar-refractivity contribution in [1.29, 1.82) is 0 Å². The molecule has 5 heteroatoms. The zero-order valence-corrected chi connectivity index (χ0v) is 21.7. The lowest BCUT2D eigenvalue weighted by Gasteiger charge is -2.45. The van der Waals surface area contributed by atoms with Gasteiger partial charge in [0.25, 0.3) is 8.32 Å². The summed E-state index contributed by atoms with van der Waals surface area (Å²) in [6, 6.07) is 21.4. The summed E-state index contributed by atoms with van der Waals surface area (Å²) in [5.41, 5.74) is -0.508. The van der Waals surface area contributed by atoms with Gasteiger partial charge in [-0.15, -0.1) is 0 Å². The van der Waals surface area contributed by atoms with Gasteiger partial charge in [0, 0.05) is 6.54 Å². The first-order valence-corrected chi connectivity index (χ1v) is 13.7. The molecule has 1 saturated heterocycles. The molecule has 0 bridgehead atoms. The fourth-order valence-electron chi connectivity index (χ4n) is 4.91. The minimum absolute atomic E-state index is 0.00602. The van der Waals surface area contributed by atoms with Crippen LogP contribution in [0.25, 0.3) is 0 Å². The molecular weight excluding hydrogens is 414 g/mol. The van der Waals surface area contributed by atoms with E-state index in [2.05, 4.69) is 88.4 Å². The Hall–Kier alpha value is -2.11. The average Bonchev–Trinajstić information content (AvgIpc) is 3.14. The summed E-state index contributed by atoms with van der Waals surface area (Å²) in [6.07, 6.45) is 1.39. The molecule has 0 radical (unpaired) electrons. The smallest absolute Gasteiger partial charge is 0.410 e. The molecule has 174 valence electrons. The van der Waals surface area contributed by atoms with Crippen molar-refractivity contribution in [2.75, 3.05) is 6.54 Å². The molecule has 1 heterocycles. The predicted molar refractivity (Wildman–Crippen MR) is 134 cm³/mol. The van der Waals surface area contributed by atoms with Crippen LogP contribution in [0.15, 0.2) is 60.7 Å². The predicted octanol–water partition coefficient (Wildman–Crippen LogP) is 5.35. The van der Waals surface area contributed by atoms with E-state index in [9.17, 15) is 4.79 Å². The number of hydrogen-bond acceptors (Lipinski definition) is 3. The molecule has 2 aromatic carbocycles. The molecule has 0 spiro atoms. The number of carbonyl (C=O) groups excluding carboxylic acids is 1. The van der Waals surface area contributed by atoms with Crippen LogP contribution in [0.1, 0.15) is 61.3 Å². The third-order valence-electron chi connectivity index (χ3n) is 6.28. The summed E-state index contributed by atoms with van der Waals surface area (Å²) in [6.45, 7) is 15.4. The van der Waals surface area contributed by atoms with E-state index >= 15 is 0 Å². The van der Waals surface area contributed by atoms with Gasteiger partial charge in [-0.2, -0.15) is 0 Å². The normalized spacial score (nSPS) is 19.8. The molecule has 2 aromatic rings. The van der Waals surface area contributed by atoms with Gasteiger partial charge in [0.2, 0.25) is 0 Å². The number of hydrogen-bond donors (Lipinski definition) is 0. The topological polar surface area (TPSA) is 38.8 Å². The van der Waals surface area contributed by atoms with Gasteiger partial charge in [0.05, 0.1) is 12.1 Å². The van der Waals surface area contributed by atoms with Gasteiger partial charge in [0.15, 0.2) is 0 Å². The number of likely N-dealkylation sites (tertiary alicyclic amines) is 1. The molecule has 0 saturated carbocycles. The summed E-state index contributed by atoms with van der Waals surface area (Å²) >= 11 is 0. The highest BCUT2D eigenvalue weighted by Crippen LogP contribution is 2.40. The minimum Gasteiger partial charge on any atom is -0.444 e. The summed E-state index contributed by atoms with van der Waals surface area (Å²) in [5, 5.41) is 2.45. The first-order valence-electron chi connectivity index (χ1n) is 11.8. The van der Waals surface area contributed by atoms with Crippen molar-refractivity contribution >= 4 is 24.8 Å². The summed E-state index contributed by atoms with van der Waals surface area (Å²) in [5.74, 6) is 0. The highest BCUT2D eigenvalue weighted by Gasteiger charge is 2.53. The lowest BCUT2D eigenvalue weighted by molar-refractivity contribution is 0.0162. The van der Waals surface area contributed by atoms with Crippen molar-refractivity contribution in [1.82, 2.24) is 4.90 Å². The second kappa shape index (κ2) is 9.40. The van der Waals surface area contributed by atoms with Gasteiger partial charge < -0.3 is 14.1 Å². The molecule has 32 heavy (non-hydrogen) atoms. The van der Waals surface area contributed by atoms with Crippen LogP contribution in [0, 0.1) is 0 Å². The third kappa shape index (κ3) is 4.94. The van der Waals surface area contributed by atoms with Crippen molar-refractivity contribution in [2.24, 2.45) is 0 Å². The van der Waals surface area contributed by atoms with E-state index < -0.39 is 13.9 Å². The maximum Gasteiger partial charge on any atom is 0.410 e. The number of carbonyl (C=O) groups is 1. The monoisotopic (exact) mass is 453 g/mol. The molecule has 1 aliphatic heterocycles. The van der Waals surface area contributed by atoms with Crippen LogP contribution in [0.3, 0.4) is 0 Å². The van der Waals surface area contributed by atoms with E-state index in [1.165, 1.54) is 10.4 Å². The zero-order chi connectivity index (χ0) is 23.6. The highest BCUT2D eigenvalue weighted by atomic mass is 28.4. The van der Waals surface area contributed by atoms with E-state index in [0.717, 1.165) is 12.8 Å². The number of nitrogens with zero attached hydrogens (tertiary/aromatic N) is 1. The molecule has 1 amide bonds. The molecule has 1 fully saturated rings. The van der Waals surface area contributed by atoms with Crippen molar-refractivity contribution in [3.8, 4) is 0 Å². The Morgan fingerprint density at radius 3 is 1.84 bits per heavy atom. The van der Waals surface area contributed by atoms with Crippen LogP contribution in [-0.4, -0.2) is 43.6 Å². The fourth-order valence-corrected chi connectivity index (χ4v) is 9.66. The summed E-state index contributed by atoms with van der Waals surface area (Å²) in [4.78, 5) is 14.8. The van der Waals surface area contributed by atoms with E-state index in [1.807, 2.05) is 25.7 Å². The second-order valence-corrected chi connectivity index (χ2v) is 15.0. The largest absolute Gasteiger partial charge is 0.444 e. The van der Waals surface area contributed by atoms with Crippen LogP contribution in [0.5, 0.6) is 0 Å². The summed E-state index contributed by atoms with van der Waals surface area (Å²) < 4.78 is 13.1. The van der Waals surface area contributed by atoms with Crippen molar-refractivity contribution in [3.63, 3.8) is 0 Å². The van der Waals surface area contributed by atoms with E-state index in [4.69, 9.17) is 9.16 Å². The lowest BCUT2D eigenvalue weighted by Crippen LogP contribution is -2.68. The minimum atomic E-state index is -2.66. The van der Waals surface area contributed by atoms with E-state index in [1.54, 1.807) is 0 Å². The van der Waals surface area contributed by atoms with Crippen LogP contribution in [-0.2, 0) is 9.16 Å². The Bertz CT molecular complexity index is 847. The first-order chi connectivity index (χ1) is 15.0. The molecule has 0 N–H and O–H groups in total. The van der Waals surface area contributed by atoms with Crippen molar-refractivity contribution in [2.45, 2.75) is 84.1 Å². The molecule has 3 rings (SSSR count). The third-order valence-corrected chi connectivity index (χ3v) is 11.3. The average molecular weight is 454 g/mol. The second-order valence-electron chi connectivity index (χ2n) is 10.8. The number of rotatable bonds is 5. The number of benzene rings is 2. The Morgan fingerprint density at radius 1 is 0.938 bits per heavy atom. The number of ether oxygens (including phenoxy) is 1. The van der Waals surface area contributed by atoms with Gasteiger partial charge in [-0.3, -0.25) is 0 Å². The molecule has 0 unspecified atom stereocenters. The zero-order valence-electron chi connectivity index (χ0n) is 20.7. The van der Waals surface area contributed by atoms with Crippen molar-refractivity contribution < 1.29 is 14.0 Å². The Morgan fingerprint density at radius 2 is 1.44 bits per heavy atom. The van der Waals surface area contributed by atoms with Gasteiger partial charge in [-0.25, -0.2) is 4.79 Å². The summed E-state index contributed by atoms with van der Waals surface area (Å²) in [7, 11) is -2.66. The Balaban J connectivity index is 2.03. The molecule has 2 atom stereocenters. The highest BCUT2D eigenvalue weighted by molar-refractivity contribution is 6.99. The molecular formula is C27H39NO3Si. The van der Waals surface area contributed by atoms with Gasteiger partial charge in [-0.05, 0) is 49.0 Å². The number of amides is 1. The van der Waals surface area contributed by atoms with Gasteiger partial charge >= 0.3 is 6.09 Å². The lowest BCUT2D eigenvalue weighted by atomic mass is 10.1. The molecule has 4 nitrogen and oxygen atoms in total. The molecule has 1 aliphatic rings. The van der Waals surface area contributed by atoms with Crippen LogP contribution >= 0.6 is 0 Å². The van der Waals surface area contributed by atoms with Gasteiger partial charge in [-0.1, -0.05) is 88.4 Å². The Kier molecular flexibility index (Phi) is 7.20. The molecule has 0 aliphatic carbocycles. The Labute approximate surface area is 195 Å². The van der Waals surface area contributed by atoms with Gasteiger partial charge in [0.1, 0.15) is 5.60 Å². The SMILES string of the molecule is CC[C@@H]1[C@@H](O[Si](c2ccccc2)(c2ccccc2)C(C)(C)C)CCN1C(=O)OC(C)(C)C. The maximum absolute atomic E-state index is 12.9. The van der Waals surface area contributed by atoms with Crippen molar-refractivity contribution in [3.05, 3.63) is 60.7 Å². The van der Waals surface area contributed by atoms with E-state index in [0.29, 0.717) is 6.54 Å². The first kappa shape index (κ1) is 24.5. The van der Waals surface area contributed by atoms with Crippen LogP contribution < -0.4 is 10.4 Å². The standard InChI is InChI=1S/C27H39NO3Si/c1-8-23-24(19-20-28(23)25(29)30-26(2,3)4)31-32(27(5,6)7,21-15-11-9-12-16-21)22-17-13-10-14-18-22/h9-18,23-24H,8,19-20H2,1-7H3/t23-,24+/m1/s1. The van der Waals surface area contributed by atoms with Crippen LogP contribution in [0.2, 0.25) is 5.04 Å². The quantitative estimate of drug-likeness (QED) is 0.573. The van der Waals surface area contributed by atoms with Crippen LogP contribution in [0.4, 0.5) is 4.79 Å². The van der Waals surface area contributed by atoms with E-state index in [-0.39, 0.29) is 23.3 Å².